The van der Waals surface area contributed by atoms with Crippen LogP contribution < -0.4 is 5.32 Å². The van der Waals surface area contributed by atoms with Crippen LogP contribution >= 0.6 is 12.4 Å². The van der Waals surface area contributed by atoms with Gasteiger partial charge in [-0.25, -0.2) is 9.50 Å². The van der Waals surface area contributed by atoms with E-state index in [-0.39, 0.29) is 36.6 Å². The molecule has 1 aliphatic heterocycles. The average molecular weight is 407 g/mol. The fraction of sp³-hybridized carbons (Fsp3) is 0.625. The van der Waals surface area contributed by atoms with Crippen LogP contribution in [0.3, 0.4) is 0 Å². The molecule has 1 fully saturated rings. The van der Waals surface area contributed by atoms with Gasteiger partial charge < -0.3 is 10.2 Å². The monoisotopic (exact) mass is 406 g/mol. The van der Waals surface area contributed by atoms with Crippen molar-refractivity contribution in [2.24, 2.45) is 0 Å². The number of nitrogens with zero attached hydrogens (tertiary/aromatic N) is 5. The van der Waals surface area contributed by atoms with Crippen LogP contribution in [0.5, 0.6) is 0 Å². The fourth-order valence-corrected chi connectivity index (χ4v) is 3.28. The summed E-state index contributed by atoms with van der Waals surface area (Å²) in [7, 11) is 0. The van der Waals surface area contributed by atoms with Crippen LogP contribution in [0, 0.1) is 13.8 Å². The number of aromatic nitrogens is 4. The second-order valence-corrected chi connectivity index (χ2v) is 6.55. The molecule has 1 amide bonds. The number of hydrogen-bond donors (Lipinski definition) is 1. The third-order valence-electron chi connectivity index (χ3n) is 4.71. The number of rotatable bonds is 3. The standard InChI is InChI=1S/C16H21F3N6O.ClH/c1-9-8-20-6-7-24(9)13(26)5-4-12-10(2)21-15-22-14(16(17,18)19)23-25(15)11(12)3;/h9,20H,4-8H2,1-3H3;1H/t9-;/m0./s1. The van der Waals surface area contributed by atoms with Crippen molar-refractivity contribution in [1.82, 2.24) is 29.8 Å². The maximum Gasteiger partial charge on any atom is 0.453 e. The van der Waals surface area contributed by atoms with Crippen molar-refractivity contribution >= 4 is 24.1 Å². The molecular weight excluding hydrogens is 385 g/mol. The maximum atomic E-state index is 12.8. The highest BCUT2D eigenvalue weighted by molar-refractivity contribution is 5.85. The lowest BCUT2D eigenvalue weighted by Gasteiger charge is -2.34. The number of nitrogens with one attached hydrogen (secondary N) is 1. The zero-order valence-electron chi connectivity index (χ0n) is 15.3. The molecule has 0 bridgehead atoms. The number of carbonyl (C=O) groups excluding carboxylic acids is 1. The highest BCUT2D eigenvalue weighted by Crippen LogP contribution is 2.27. The Morgan fingerprint density at radius 2 is 2.00 bits per heavy atom. The molecule has 1 atom stereocenters. The third kappa shape index (κ3) is 4.32. The van der Waals surface area contributed by atoms with Crippen molar-refractivity contribution < 1.29 is 18.0 Å². The molecule has 2 aromatic heterocycles. The van der Waals surface area contributed by atoms with Gasteiger partial charge in [-0.2, -0.15) is 18.2 Å². The number of carbonyl (C=O) groups is 1. The first-order chi connectivity index (χ1) is 12.2. The van der Waals surface area contributed by atoms with Crippen LogP contribution in [-0.4, -0.2) is 56.1 Å². The smallest absolute Gasteiger partial charge is 0.337 e. The molecule has 0 spiro atoms. The summed E-state index contributed by atoms with van der Waals surface area (Å²) in [5, 5.41) is 6.76. The Morgan fingerprint density at radius 3 is 2.63 bits per heavy atom. The fourth-order valence-electron chi connectivity index (χ4n) is 3.28. The average Bonchev–Trinajstić information content (AvgIpc) is 2.99. The lowest BCUT2D eigenvalue weighted by Crippen LogP contribution is -2.52. The molecule has 3 heterocycles. The summed E-state index contributed by atoms with van der Waals surface area (Å²) in [6, 6.07) is 0.128. The van der Waals surface area contributed by atoms with Gasteiger partial charge in [0.1, 0.15) is 0 Å². The van der Waals surface area contributed by atoms with Crippen molar-refractivity contribution in [2.75, 3.05) is 19.6 Å². The molecule has 0 saturated carbocycles. The summed E-state index contributed by atoms with van der Waals surface area (Å²) in [4.78, 5) is 21.9. The van der Waals surface area contributed by atoms with Gasteiger partial charge in [-0.15, -0.1) is 17.5 Å². The number of hydrogen-bond acceptors (Lipinski definition) is 5. The van der Waals surface area contributed by atoms with E-state index in [2.05, 4.69) is 20.4 Å². The quantitative estimate of drug-likeness (QED) is 0.843. The lowest BCUT2D eigenvalue weighted by molar-refractivity contribution is -0.144. The summed E-state index contributed by atoms with van der Waals surface area (Å²) in [5.74, 6) is -1.26. The molecule has 1 saturated heterocycles. The van der Waals surface area contributed by atoms with Crippen LogP contribution in [0.2, 0.25) is 0 Å². The first kappa shape index (κ1) is 21.4. The second kappa shape index (κ2) is 7.97. The maximum absolute atomic E-state index is 12.8. The van der Waals surface area contributed by atoms with E-state index in [1.54, 1.807) is 13.8 Å². The topological polar surface area (TPSA) is 75.4 Å². The van der Waals surface area contributed by atoms with E-state index in [1.165, 1.54) is 0 Å². The van der Waals surface area contributed by atoms with Crippen LogP contribution in [-0.2, 0) is 17.4 Å². The molecular formula is C16H22ClF3N6O. The van der Waals surface area contributed by atoms with Gasteiger partial charge in [0.15, 0.2) is 0 Å². The Morgan fingerprint density at radius 1 is 1.30 bits per heavy atom. The van der Waals surface area contributed by atoms with Gasteiger partial charge in [-0.3, -0.25) is 4.79 Å². The number of alkyl halides is 3. The Balaban J connectivity index is 0.00000261. The first-order valence-electron chi connectivity index (χ1n) is 8.48. The summed E-state index contributed by atoms with van der Waals surface area (Å²) in [6.45, 7) is 7.55. The molecule has 3 rings (SSSR count). The Kier molecular flexibility index (Phi) is 6.31. The zero-order valence-corrected chi connectivity index (χ0v) is 16.1. The minimum atomic E-state index is -4.62. The molecule has 11 heteroatoms. The summed E-state index contributed by atoms with van der Waals surface area (Å²) in [6.07, 6.45) is -3.94. The Bertz CT molecular complexity index is 838. The summed E-state index contributed by atoms with van der Waals surface area (Å²) < 4.78 is 39.6. The normalized spacial score (nSPS) is 17.9. The molecule has 0 radical (unpaired) electrons. The largest absolute Gasteiger partial charge is 0.453 e. The van der Waals surface area contributed by atoms with E-state index in [0.29, 0.717) is 24.4 Å². The number of halogens is 4. The number of aryl methyl sites for hydroxylation is 2. The van der Waals surface area contributed by atoms with Crippen molar-refractivity contribution in [3.05, 3.63) is 22.8 Å². The minimum Gasteiger partial charge on any atom is -0.337 e. The first-order valence-corrected chi connectivity index (χ1v) is 8.48. The van der Waals surface area contributed by atoms with E-state index in [0.717, 1.165) is 23.2 Å². The van der Waals surface area contributed by atoms with Gasteiger partial charge in [0.05, 0.1) is 0 Å². The molecule has 0 aliphatic carbocycles. The highest BCUT2D eigenvalue weighted by Gasteiger charge is 2.37. The summed E-state index contributed by atoms with van der Waals surface area (Å²) in [5.41, 5.74) is 1.82. The molecule has 2 aromatic rings. The van der Waals surface area contributed by atoms with Crippen LogP contribution in [0.15, 0.2) is 0 Å². The SMILES string of the molecule is Cc1nc2nc(C(F)(F)F)nn2c(C)c1CCC(=O)N1CCNC[C@@H]1C.Cl. The van der Waals surface area contributed by atoms with Gasteiger partial charge >= 0.3 is 6.18 Å². The molecule has 1 N–H and O–H groups in total. The van der Waals surface area contributed by atoms with Gasteiger partial charge in [0.25, 0.3) is 11.6 Å². The predicted molar refractivity (Wildman–Crippen MR) is 94.9 cm³/mol. The molecule has 27 heavy (non-hydrogen) atoms. The van der Waals surface area contributed by atoms with E-state index >= 15 is 0 Å². The Hall–Kier alpha value is -1.94. The van der Waals surface area contributed by atoms with E-state index < -0.39 is 12.0 Å². The van der Waals surface area contributed by atoms with Crippen LogP contribution in [0.1, 0.15) is 36.1 Å². The highest BCUT2D eigenvalue weighted by atomic mass is 35.5. The van der Waals surface area contributed by atoms with Gasteiger partial charge in [0, 0.05) is 43.5 Å². The number of amides is 1. The van der Waals surface area contributed by atoms with E-state index in [9.17, 15) is 18.0 Å². The second-order valence-electron chi connectivity index (χ2n) is 6.55. The zero-order chi connectivity index (χ0) is 19.1. The van der Waals surface area contributed by atoms with Gasteiger partial charge in [0.2, 0.25) is 5.91 Å². The molecule has 0 aromatic carbocycles. The van der Waals surface area contributed by atoms with Crippen molar-refractivity contribution in [1.29, 1.82) is 0 Å². The molecule has 1 aliphatic rings. The third-order valence-corrected chi connectivity index (χ3v) is 4.71. The minimum absolute atomic E-state index is 0. The molecule has 150 valence electrons. The van der Waals surface area contributed by atoms with Crippen molar-refractivity contribution in [3.63, 3.8) is 0 Å². The number of fused-ring (bicyclic) bond motifs is 1. The van der Waals surface area contributed by atoms with Crippen LogP contribution in [0.25, 0.3) is 5.78 Å². The van der Waals surface area contributed by atoms with E-state index in [4.69, 9.17) is 0 Å². The van der Waals surface area contributed by atoms with Gasteiger partial charge in [-0.05, 0) is 32.8 Å². The Labute approximate surface area is 160 Å². The van der Waals surface area contributed by atoms with Crippen molar-refractivity contribution in [2.45, 2.75) is 45.8 Å². The number of piperazine rings is 1. The van der Waals surface area contributed by atoms with Gasteiger partial charge in [-0.1, -0.05) is 0 Å². The van der Waals surface area contributed by atoms with Crippen molar-refractivity contribution in [3.8, 4) is 0 Å². The summed E-state index contributed by atoms with van der Waals surface area (Å²) >= 11 is 0. The molecule has 0 unspecified atom stereocenters. The lowest BCUT2D eigenvalue weighted by atomic mass is 10.1. The van der Waals surface area contributed by atoms with Crippen LogP contribution in [0.4, 0.5) is 13.2 Å². The predicted octanol–water partition coefficient (Wildman–Crippen LogP) is 1.93. The molecule has 7 nitrogen and oxygen atoms in total. The van der Waals surface area contributed by atoms with E-state index in [1.807, 2.05) is 11.8 Å².